The van der Waals surface area contributed by atoms with Crippen LogP contribution in [0, 0.1) is 0 Å². The highest BCUT2D eigenvalue weighted by Gasteiger charge is 2.33. The molecule has 0 spiro atoms. The Hall–Kier alpha value is -5.66. The number of unbranched alkanes of at least 4 members (excludes halogenated alkanes) is 1. The number of aliphatic carboxylic acids is 1. The third-order valence-electron chi connectivity index (χ3n) is 7.54. The van der Waals surface area contributed by atoms with Crippen LogP contribution in [0.3, 0.4) is 0 Å². The molecule has 0 saturated heterocycles. The molecule has 312 valence electrons. The van der Waals surface area contributed by atoms with Gasteiger partial charge in [0.25, 0.3) is 0 Å². The Bertz CT molecular complexity index is 1380. The number of carbonyl (C=O) groups excluding carboxylic acids is 8. The van der Waals surface area contributed by atoms with Crippen molar-refractivity contribution in [3.8, 4) is 0 Å². The van der Waals surface area contributed by atoms with Gasteiger partial charge in [0.2, 0.25) is 47.3 Å². The van der Waals surface area contributed by atoms with E-state index in [-0.39, 0.29) is 31.8 Å². The average molecular weight is 790 g/mol. The van der Waals surface area contributed by atoms with Gasteiger partial charge >= 0.3 is 5.97 Å². The topological polar surface area (TPSA) is 455 Å². The maximum Gasteiger partial charge on any atom is 0.326 e. The molecule has 0 fully saturated rings. The molecule has 0 saturated carbocycles. The van der Waals surface area contributed by atoms with E-state index in [0.29, 0.717) is 19.4 Å². The Labute approximate surface area is 315 Å². The first-order valence-electron chi connectivity index (χ1n) is 17.1. The molecule has 0 aliphatic carbocycles. The number of hydrogen-bond donors (Lipinski definition) is 15. The van der Waals surface area contributed by atoms with Gasteiger partial charge in [0.05, 0.1) is 31.7 Å². The normalized spacial score (nSPS) is 14.6. The van der Waals surface area contributed by atoms with E-state index in [9.17, 15) is 58.5 Å². The number of nitrogens with one attached hydrogen (secondary N) is 6. The van der Waals surface area contributed by atoms with Crippen molar-refractivity contribution in [2.45, 2.75) is 101 Å². The number of nitrogens with zero attached hydrogens (tertiary/aromatic N) is 1. The Balaban J connectivity index is 5.81. The smallest absolute Gasteiger partial charge is 0.326 e. The molecule has 55 heavy (non-hydrogen) atoms. The van der Waals surface area contributed by atoms with E-state index >= 15 is 0 Å². The van der Waals surface area contributed by atoms with Gasteiger partial charge < -0.3 is 81.6 Å². The summed E-state index contributed by atoms with van der Waals surface area (Å²) in [6.07, 6.45) is -1.83. The lowest BCUT2D eigenvalue weighted by molar-refractivity contribution is -0.142. The number of hydrogen-bond acceptors (Lipinski definition) is 14. The van der Waals surface area contributed by atoms with Crippen LogP contribution < -0.4 is 66.3 Å². The number of carbonyl (C=O) groups is 9. The number of nitrogens with two attached hydrogens (primary N) is 6. The molecular weight excluding hydrogens is 734 g/mol. The molecule has 21 N–H and O–H groups in total. The van der Waals surface area contributed by atoms with Crippen molar-refractivity contribution in [2.75, 3.05) is 26.2 Å². The molecule has 0 aromatic carbocycles. The average Bonchev–Trinajstić information content (AvgIpc) is 3.10. The number of carboxylic acid groups (broad SMARTS) is 1. The molecular formula is C30H55N13O12. The molecule has 8 amide bonds. The lowest BCUT2D eigenvalue weighted by Gasteiger charge is -2.25. The number of aliphatic hydroxyl groups is 2. The largest absolute Gasteiger partial charge is 0.480 e. The third-order valence-corrected chi connectivity index (χ3v) is 7.54. The summed E-state index contributed by atoms with van der Waals surface area (Å²) in [7, 11) is 0. The van der Waals surface area contributed by atoms with E-state index in [1.54, 1.807) is 0 Å². The minimum absolute atomic E-state index is 0.0403. The van der Waals surface area contributed by atoms with Crippen molar-refractivity contribution in [3.63, 3.8) is 0 Å². The number of carboxylic acids is 1. The molecule has 0 aromatic heterocycles. The molecule has 0 aromatic rings. The summed E-state index contributed by atoms with van der Waals surface area (Å²) in [4.78, 5) is 115. The molecule has 25 nitrogen and oxygen atoms in total. The van der Waals surface area contributed by atoms with Crippen LogP contribution in [0.1, 0.15) is 58.3 Å². The molecule has 0 unspecified atom stereocenters. The summed E-state index contributed by atoms with van der Waals surface area (Å²) in [5.41, 5.74) is 32.1. The first kappa shape index (κ1) is 49.3. The summed E-state index contributed by atoms with van der Waals surface area (Å²) >= 11 is 0. The Morgan fingerprint density at radius 3 is 1.78 bits per heavy atom. The Morgan fingerprint density at radius 1 is 0.673 bits per heavy atom. The highest BCUT2D eigenvalue weighted by atomic mass is 16.4. The van der Waals surface area contributed by atoms with Crippen LogP contribution in [-0.2, 0) is 43.2 Å². The summed E-state index contributed by atoms with van der Waals surface area (Å²) in [5.74, 6) is -9.92. The minimum atomic E-state index is -1.77. The van der Waals surface area contributed by atoms with Crippen LogP contribution in [0.15, 0.2) is 4.99 Å². The fourth-order valence-electron chi connectivity index (χ4n) is 4.57. The van der Waals surface area contributed by atoms with Gasteiger partial charge in [0, 0.05) is 13.0 Å². The van der Waals surface area contributed by atoms with Gasteiger partial charge in [-0.15, -0.1) is 0 Å². The van der Waals surface area contributed by atoms with Crippen molar-refractivity contribution in [3.05, 3.63) is 0 Å². The first-order chi connectivity index (χ1) is 25.7. The maximum absolute atomic E-state index is 13.4. The molecule has 0 radical (unpaired) electrons. The lowest BCUT2D eigenvalue weighted by atomic mass is 10.1. The molecule has 0 rings (SSSR count). The number of aliphatic hydroxyl groups excluding tert-OH is 2. The maximum atomic E-state index is 13.4. The quantitative estimate of drug-likeness (QED) is 0.0199. The molecule has 7 atom stereocenters. The van der Waals surface area contributed by atoms with Crippen molar-refractivity contribution < 1.29 is 58.5 Å². The fourth-order valence-corrected chi connectivity index (χ4v) is 4.57. The van der Waals surface area contributed by atoms with E-state index < -0.39 is 128 Å². The van der Waals surface area contributed by atoms with Crippen molar-refractivity contribution in [1.29, 1.82) is 0 Å². The van der Waals surface area contributed by atoms with Crippen LogP contribution in [-0.4, -0.2) is 143 Å². The standard InChI is InChI=1S/C30H55N13O12/c1-14(45)23(43-24(49)15(32)5-2-3-9-31)28(53)38-12-22(48)39-19(13-44)27(52)40-16(6-4-10-37-30(35)36)25(50)42-18(11-21(34)47)26(51)41-17(29(54)55)7-8-20(33)46/h14-19,23,44-45H,2-13,31-32H2,1H3,(H2,33,46)(H2,34,47)(H,38,53)(H,39,48)(H,40,52)(H,41,51)(H,42,50)(H,43,49)(H,54,55)(H4,35,36,37)/t14-,15+,16+,17+,18+,19+,23+/m1/s1. The van der Waals surface area contributed by atoms with E-state index in [1.807, 2.05) is 0 Å². The summed E-state index contributed by atoms with van der Waals surface area (Å²) in [6, 6.07) is -9.19. The van der Waals surface area contributed by atoms with Crippen molar-refractivity contribution >= 4 is 59.2 Å². The number of aliphatic imine (C=N–C) groups is 1. The molecule has 0 heterocycles. The SMILES string of the molecule is C[C@@H](O)[C@H](NC(=O)[C@@H](N)CCCCN)C(=O)NCC(=O)N[C@@H](CO)C(=O)N[C@@H](CCCN=C(N)N)C(=O)N[C@@H](CC(N)=O)C(=O)N[C@@H](CCC(N)=O)C(=O)O. The van der Waals surface area contributed by atoms with Gasteiger partial charge in [0.15, 0.2) is 5.96 Å². The Kier molecular flexibility index (Phi) is 23.5. The zero-order chi connectivity index (χ0) is 42.2. The van der Waals surface area contributed by atoms with Crippen LogP contribution in [0.5, 0.6) is 0 Å². The van der Waals surface area contributed by atoms with Crippen LogP contribution >= 0.6 is 0 Å². The summed E-state index contributed by atoms with van der Waals surface area (Å²) < 4.78 is 0. The second kappa shape index (κ2) is 26.2. The van der Waals surface area contributed by atoms with Gasteiger partial charge in [-0.2, -0.15) is 0 Å². The van der Waals surface area contributed by atoms with Gasteiger partial charge in [-0.1, -0.05) is 6.42 Å². The number of guanidine groups is 1. The zero-order valence-corrected chi connectivity index (χ0v) is 30.5. The van der Waals surface area contributed by atoms with E-state index in [2.05, 4.69) is 36.9 Å². The minimum Gasteiger partial charge on any atom is -0.480 e. The second-order valence-corrected chi connectivity index (χ2v) is 12.3. The second-order valence-electron chi connectivity index (χ2n) is 12.3. The third kappa shape index (κ3) is 21.0. The van der Waals surface area contributed by atoms with E-state index in [1.165, 1.54) is 6.92 Å². The monoisotopic (exact) mass is 789 g/mol. The number of rotatable bonds is 28. The van der Waals surface area contributed by atoms with Crippen molar-refractivity contribution in [1.82, 2.24) is 31.9 Å². The highest BCUT2D eigenvalue weighted by Crippen LogP contribution is 2.05. The number of primary amides is 2. The van der Waals surface area contributed by atoms with Gasteiger partial charge in [0.1, 0.15) is 30.2 Å². The summed E-state index contributed by atoms with van der Waals surface area (Å²) in [6.45, 7) is -0.252. The van der Waals surface area contributed by atoms with Gasteiger partial charge in [-0.05, 0) is 45.6 Å². The zero-order valence-electron chi connectivity index (χ0n) is 30.5. The predicted octanol–water partition coefficient (Wildman–Crippen LogP) is -8.36. The molecule has 0 aliphatic heterocycles. The van der Waals surface area contributed by atoms with Gasteiger partial charge in [-0.25, -0.2) is 4.79 Å². The Morgan fingerprint density at radius 2 is 1.25 bits per heavy atom. The van der Waals surface area contributed by atoms with Gasteiger partial charge in [-0.3, -0.25) is 43.3 Å². The number of amides is 8. The van der Waals surface area contributed by atoms with E-state index in [0.717, 1.165) is 0 Å². The van der Waals surface area contributed by atoms with Crippen molar-refractivity contribution in [2.24, 2.45) is 39.4 Å². The van der Waals surface area contributed by atoms with Crippen LogP contribution in [0.25, 0.3) is 0 Å². The predicted molar refractivity (Wildman–Crippen MR) is 192 cm³/mol. The lowest BCUT2D eigenvalue weighted by Crippen LogP contribution is -2.59. The highest BCUT2D eigenvalue weighted by molar-refractivity contribution is 5.97. The van der Waals surface area contributed by atoms with Crippen LogP contribution in [0.2, 0.25) is 0 Å². The first-order valence-corrected chi connectivity index (χ1v) is 17.1. The summed E-state index contributed by atoms with van der Waals surface area (Å²) in [5, 5.41) is 42.5. The van der Waals surface area contributed by atoms with E-state index in [4.69, 9.17) is 34.4 Å². The molecule has 0 aliphatic rings. The molecule has 25 heteroatoms. The fraction of sp³-hybridized carbons (Fsp3) is 0.667. The molecule has 0 bridgehead atoms. The van der Waals surface area contributed by atoms with Crippen LogP contribution in [0.4, 0.5) is 0 Å².